The molecule has 0 saturated heterocycles. The van der Waals surface area contributed by atoms with Gasteiger partial charge in [-0.25, -0.2) is 4.68 Å². The van der Waals surface area contributed by atoms with Crippen LogP contribution in [0.15, 0.2) is 5.16 Å². The number of tetrazole rings is 1. The molecule has 1 aromatic rings. The maximum atomic E-state index is 10.9. The largest absolute Gasteiger partial charge is 0.369 e. The number of hydrogen-bond donors (Lipinski definition) is 2. The number of aryl methyl sites for hydroxylation is 1. The van der Waals surface area contributed by atoms with Crippen molar-refractivity contribution in [3.63, 3.8) is 0 Å². The Labute approximate surface area is 99.5 Å². The van der Waals surface area contributed by atoms with Gasteiger partial charge in [0, 0.05) is 13.2 Å². The Bertz CT molecular complexity index is 348. The highest BCUT2D eigenvalue weighted by atomic mass is 32.1. The predicted molar refractivity (Wildman–Crippen MR) is 60.9 cm³/mol. The summed E-state index contributed by atoms with van der Waals surface area (Å²) in [5, 5.41) is 11.2. The SMILES string of the molecule is CCOC(CCCn1nnnc1S)[PH](=O)O. The van der Waals surface area contributed by atoms with Crippen molar-refractivity contribution in [2.75, 3.05) is 6.61 Å². The minimum atomic E-state index is -2.64. The number of ether oxygens (including phenoxy) is 1. The first-order valence-electron chi connectivity index (χ1n) is 4.94. The summed E-state index contributed by atoms with van der Waals surface area (Å²) in [5.41, 5.74) is 0. The van der Waals surface area contributed by atoms with E-state index in [-0.39, 0.29) is 0 Å². The van der Waals surface area contributed by atoms with Crippen molar-refractivity contribution in [2.24, 2.45) is 0 Å². The van der Waals surface area contributed by atoms with Crippen LogP contribution in [0.4, 0.5) is 0 Å². The third-order valence-electron chi connectivity index (χ3n) is 1.99. The predicted octanol–water partition coefficient (Wildman–Crippen LogP) is 0.572. The number of rotatable bonds is 7. The Balaban J connectivity index is 2.33. The Kier molecular flexibility index (Phi) is 5.97. The van der Waals surface area contributed by atoms with Gasteiger partial charge in [0.1, 0.15) is 5.85 Å². The molecule has 1 heterocycles. The minimum absolute atomic E-state index is 0.435. The highest BCUT2D eigenvalue weighted by molar-refractivity contribution is 7.80. The van der Waals surface area contributed by atoms with Crippen LogP contribution in [0.5, 0.6) is 0 Å². The zero-order valence-corrected chi connectivity index (χ0v) is 10.8. The van der Waals surface area contributed by atoms with Crippen LogP contribution in [0.1, 0.15) is 19.8 Å². The lowest BCUT2D eigenvalue weighted by Gasteiger charge is -2.13. The molecule has 2 atom stereocenters. The lowest BCUT2D eigenvalue weighted by atomic mass is 10.3. The topological polar surface area (TPSA) is 90.1 Å². The number of nitrogens with zero attached hydrogens (tertiary/aromatic N) is 4. The van der Waals surface area contributed by atoms with Gasteiger partial charge in [0.05, 0.1) is 0 Å². The fourth-order valence-corrected chi connectivity index (χ4v) is 2.19. The van der Waals surface area contributed by atoms with E-state index in [2.05, 4.69) is 28.2 Å². The zero-order chi connectivity index (χ0) is 12.0. The molecule has 1 aromatic heterocycles. The lowest BCUT2D eigenvalue weighted by Crippen LogP contribution is -2.10. The average molecular weight is 266 g/mol. The molecule has 0 saturated carbocycles. The summed E-state index contributed by atoms with van der Waals surface area (Å²) >= 11 is 4.05. The molecule has 2 unspecified atom stereocenters. The van der Waals surface area contributed by atoms with Crippen LogP contribution in [0.3, 0.4) is 0 Å². The molecule has 0 amide bonds. The van der Waals surface area contributed by atoms with E-state index in [1.54, 1.807) is 6.92 Å². The van der Waals surface area contributed by atoms with Crippen LogP contribution in [0, 0.1) is 0 Å². The van der Waals surface area contributed by atoms with Crippen molar-refractivity contribution in [1.82, 2.24) is 20.2 Å². The van der Waals surface area contributed by atoms with Crippen LogP contribution in [0.2, 0.25) is 0 Å². The highest BCUT2D eigenvalue weighted by Gasteiger charge is 2.14. The maximum absolute atomic E-state index is 10.9. The number of thiol groups is 1. The second-order valence-electron chi connectivity index (χ2n) is 3.13. The molecule has 0 spiro atoms. The van der Waals surface area contributed by atoms with E-state index in [1.807, 2.05) is 0 Å². The standard InChI is InChI=1S/C7H15N4O3PS/c1-2-14-6(15(12)13)4-3-5-11-7(16)8-9-10-11/h6,15H,2-5H2,1H3,(H,12,13)(H,8,10,16). The summed E-state index contributed by atoms with van der Waals surface area (Å²) in [4.78, 5) is 9.01. The fourth-order valence-electron chi connectivity index (χ4n) is 1.25. The van der Waals surface area contributed by atoms with E-state index in [1.165, 1.54) is 4.68 Å². The van der Waals surface area contributed by atoms with E-state index in [0.717, 1.165) is 0 Å². The Morgan fingerprint density at radius 1 is 1.69 bits per heavy atom. The molecule has 7 nitrogen and oxygen atoms in total. The second-order valence-corrected chi connectivity index (χ2v) is 4.85. The van der Waals surface area contributed by atoms with Gasteiger partial charge in [-0.05, 0) is 30.2 Å². The van der Waals surface area contributed by atoms with E-state index >= 15 is 0 Å². The van der Waals surface area contributed by atoms with Crippen molar-refractivity contribution in [1.29, 1.82) is 0 Å². The number of aromatic nitrogens is 4. The summed E-state index contributed by atoms with van der Waals surface area (Å²) in [6, 6.07) is 0. The number of hydrogen-bond acceptors (Lipinski definition) is 6. The molecule has 1 N–H and O–H groups in total. The van der Waals surface area contributed by atoms with E-state index in [4.69, 9.17) is 9.63 Å². The maximum Gasteiger partial charge on any atom is 0.217 e. The molecule has 0 bridgehead atoms. The van der Waals surface area contributed by atoms with Crippen molar-refractivity contribution < 1.29 is 14.2 Å². The third-order valence-corrected chi connectivity index (χ3v) is 3.32. The van der Waals surface area contributed by atoms with Crippen molar-refractivity contribution in [3.8, 4) is 0 Å². The monoisotopic (exact) mass is 266 g/mol. The van der Waals surface area contributed by atoms with Gasteiger partial charge in [-0.3, -0.25) is 4.57 Å². The molecule has 92 valence electrons. The molecule has 0 aliphatic heterocycles. The van der Waals surface area contributed by atoms with Gasteiger partial charge < -0.3 is 9.63 Å². The van der Waals surface area contributed by atoms with Gasteiger partial charge in [-0.15, -0.1) is 17.7 Å². The first-order valence-corrected chi connectivity index (χ1v) is 6.82. The molecular formula is C7H15N4O3PS. The van der Waals surface area contributed by atoms with Crippen LogP contribution >= 0.6 is 20.7 Å². The van der Waals surface area contributed by atoms with Gasteiger partial charge >= 0.3 is 0 Å². The Morgan fingerprint density at radius 3 is 2.94 bits per heavy atom. The summed E-state index contributed by atoms with van der Waals surface area (Å²) in [5.74, 6) is -0.574. The molecule has 0 radical (unpaired) electrons. The van der Waals surface area contributed by atoms with Gasteiger partial charge in [-0.2, -0.15) is 0 Å². The summed E-state index contributed by atoms with van der Waals surface area (Å²) in [6.07, 6.45) is 1.18. The van der Waals surface area contributed by atoms with Gasteiger partial charge in [0.15, 0.2) is 0 Å². The van der Waals surface area contributed by atoms with Gasteiger partial charge in [0.2, 0.25) is 13.2 Å². The molecular weight excluding hydrogens is 251 g/mol. The Hall–Kier alpha value is -0.430. The van der Waals surface area contributed by atoms with Gasteiger partial charge in [0.25, 0.3) is 0 Å². The normalized spacial score (nSPS) is 14.9. The molecule has 1 rings (SSSR count). The highest BCUT2D eigenvalue weighted by Crippen LogP contribution is 2.27. The van der Waals surface area contributed by atoms with E-state index in [0.29, 0.717) is 31.1 Å². The van der Waals surface area contributed by atoms with Crippen molar-refractivity contribution in [3.05, 3.63) is 0 Å². The lowest BCUT2D eigenvalue weighted by molar-refractivity contribution is 0.103. The third kappa shape index (κ3) is 4.21. The van der Waals surface area contributed by atoms with Crippen LogP contribution in [-0.2, 0) is 15.8 Å². The molecule has 9 heteroatoms. The first-order chi connectivity index (χ1) is 7.65. The molecule has 0 fully saturated rings. The molecule has 16 heavy (non-hydrogen) atoms. The average Bonchev–Trinajstić information content (AvgIpc) is 2.63. The van der Waals surface area contributed by atoms with Crippen LogP contribution in [-0.4, -0.2) is 37.6 Å². The summed E-state index contributed by atoms with van der Waals surface area (Å²) < 4.78 is 17.6. The second kappa shape index (κ2) is 7.01. The minimum Gasteiger partial charge on any atom is -0.369 e. The van der Waals surface area contributed by atoms with Crippen LogP contribution in [0.25, 0.3) is 0 Å². The summed E-state index contributed by atoms with van der Waals surface area (Å²) in [6.45, 7) is 2.79. The quantitative estimate of drug-likeness (QED) is 0.554. The Morgan fingerprint density at radius 2 is 2.44 bits per heavy atom. The van der Waals surface area contributed by atoms with Gasteiger partial charge in [-0.1, -0.05) is 0 Å². The summed E-state index contributed by atoms with van der Waals surface area (Å²) in [7, 11) is -2.64. The van der Waals surface area contributed by atoms with Crippen molar-refractivity contribution >= 4 is 20.7 Å². The smallest absolute Gasteiger partial charge is 0.217 e. The molecule has 0 aromatic carbocycles. The zero-order valence-electron chi connectivity index (χ0n) is 8.91. The molecule has 0 aliphatic rings. The van der Waals surface area contributed by atoms with E-state index < -0.39 is 13.9 Å². The fraction of sp³-hybridized carbons (Fsp3) is 0.857. The van der Waals surface area contributed by atoms with Crippen LogP contribution < -0.4 is 0 Å². The molecule has 0 aliphatic carbocycles. The van der Waals surface area contributed by atoms with Crippen molar-refractivity contribution in [2.45, 2.75) is 37.3 Å². The first kappa shape index (κ1) is 13.6. The van der Waals surface area contributed by atoms with E-state index in [9.17, 15) is 4.57 Å².